The summed E-state index contributed by atoms with van der Waals surface area (Å²) >= 11 is 0. The van der Waals surface area contributed by atoms with Gasteiger partial charge in [-0.25, -0.2) is 0 Å². The smallest absolute Gasteiger partial charge is 0.191 e. The van der Waals surface area contributed by atoms with Crippen molar-refractivity contribution in [2.75, 3.05) is 45.7 Å². The van der Waals surface area contributed by atoms with Gasteiger partial charge in [0.15, 0.2) is 5.96 Å². The van der Waals surface area contributed by atoms with Crippen molar-refractivity contribution >= 4 is 35.6 Å². The molecule has 1 atom stereocenters. The molecule has 1 saturated heterocycles. The van der Waals surface area contributed by atoms with E-state index in [1.165, 1.54) is 49.9 Å². The quantitative estimate of drug-likeness (QED) is 0.369. The number of hydrogen-bond donors (Lipinski definition) is 2. The fourth-order valence-electron chi connectivity index (χ4n) is 4.18. The SMILES string of the molecule is CN=C(NCCc1ccc(N(C)C)cc1)NC1CCN(C2CCCC2)C1.I. The van der Waals surface area contributed by atoms with Crippen LogP contribution in [-0.2, 0) is 6.42 Å². The highest BCUT2D eigenvalue weighted by atomic mass is 127. The largest absolute Gasteiger partial charge is 0.378 e. The molecule has 0 spiro atoms. The first kappa shape index (κ1) is 22.3. The lowest BCUT2D eigenvalue weighted by molar-refractivity contribution is 0.242. The number of nitrogens with one attached hydrogen (secondary N) is 2. The first-order chi connectivity index (χ1) is 12.7. The molecule has 2 fully saturated rings. The molecule has 1 aromatic carbocycles. The van der Waals surface area contributed by atoms with Gasteiger partial charge in [-0.3, -0.25) is 9.89 Å². The van der Waals surface area contributed by atoms with Gasteiger partial charge < -0.3 is 15.5 Å². The molecule has 0 radical (unpaired) electrons. The summed E-state index contributed by atoms with van der Waals surface area (Å²) < 4.78 is 0. The van der Waals surface area contributed by atoms with Crippen molar-refractivity contribution in [3.8, 4) is 0 Å². The van der Waals surface area contributed by atoms with Crippen molar-refractivity contribution < 1.29 is 0 Å². The van der Waals surface area contributed by atoms with Crippen LogP contribution in [0.1, 0.15) is 37.7 Å². The zero-order valence-corrected chi connectivity index (χ0v) is 19.4. The Morgan fingerprint density at radius 3 is 2.48 bits per heavy atom. The molecule has 0 aromatic heterocycles. The summed E-state index contributed by atoms with van der Waals surface area (Å²) in [6.45, 7) is 3.30. The number of anilines is 1. The van der Waals surface area contributed by atoms with Crippen LogP contribution in [0.5, 0.6) is 0 Å². The lowest BCUT2D eigenvalue weighted by Gasteiger charge is -2.24. The normalized spacial score (nSPS) is 21.1. The average Bonchev–Trinajstić information content (AvgIpc) is 3.33. The molecule has 5 nitrogen and oxygen atoms in total. The molecule has 27 heavy (non-hydrogen) atoms. The number of guanidine groups is 1. The molecule has 2 aliphatic rings. The summed E-state index contributed by atoms with van der Waals surface area (Å²) in [5.41, 5.74) is 2.60. The zero-order chi connectivity index (χ0) is 18.4. The maximum absolute atomic E-state index is 4.41. The molecule has 1 unspecified atom stereocenters. The highest BCUT2D eigenvalue weighted by molar-refractivity contribution is 14.0. The predicted molar refractivity (Wildman–Crippen MR) is 127 cm³/mol. The van der Waals surface area contributed by atoms with Crippen LogP contribution >= 0.6 is 24.0 Å². The number of hydrogen-bond acceptors (Lipinski definition) is 3. The molecule has 1 saturated carbocycles. The van der Waals surface area contributed by atoms with Crippen LogP contribution in [-0.4, -0.2) is 63.7 Å². The van der Waals surface area contributed by atoms with Gasteiger partial charge in [0.2, 0.25) is 0 Å². The average molecular weight is 485 g/mol. The third-order valence-electron chi connectivity index (χ3n) is 5.78. The number of aliphatic imine (C=N–C) groups is 1. The minimum Gasteiger partial charge on any atom is -0.378 e. The summed E-state index contributed by atoms with van der Waals surface area (Å²) in [5.74, 6) is 0.938. The third kappa shape index (κ3) is 6.52. The zero-order valence-electron chi connectivity index (χ0n) is 17.1. The van der Waals surface area contributed by atoms with Crippen LogP contribution in [0.25, 0.3) is 0 Å². The number of nitrogens with zero attached hydrogens (tertiary/aromatic N) is 3. The van der Waals surface area contributed by atoms with Crippen LogP contribution in [0.15, 0.2) is 29.3 Å². The van der Waals surface area contributed by atoms with E-state index in [-0.39, 0.29) is 24.0 Å². The Kier molecular flexibility index (Phi) is 9.15. The van der Waals surface area contributed by atoms with E-state index in [4.69, 9.17) is 0 Å². The van der Waals surface area contributed by atoms with Gasteiger partial charge in [0.05, 0.1) is 0 Å². The van der Waals surface area contributed by atoms with Gasteiger partial charge in [-0.15, -0.1) is 24.0 Å². The highest BCUT2D eigenvalue weighted by Crippen LogP contribution is 2.26. The van der Waals surface area contributed by atoms with E-state index in [9.17, 15) is 0 Å². The molecule has 2 N–H and O–H groups in total. The third-order valence-corrected chi connectivity index (χ3v) is 5.78. The number of likely N-dealkylation sites (tertiary alicyclic amines) is 1. The van der Waals surface area contributed by atoms with E-state index in [2.05, 4.69) is 63.8 Å². The van der Waals surface area contributed by atoms with Gasteiger partial charge in [-0.05, 0) is 43.4 Å². The summed E-state index contributed by atoms with van der Waals surface area (Å²) in [7, 11) is 6.01. The van der Waals surface area contributed by atoms with Gasteiger partial charge in [-0.2, -0.15) is 0 Å². The second-order valence-corrected chi connectivity index (χ2v) is 7.87. The Hall–Kier alpha value is -1.02. The first-order valence-electron chi connectivity index (χ1n) is 10.1. The van der Waals surface area contributed by atoms with Gasteiger partial charge in [0, 0.05) is 58.5 Å². The van der Waals surface area contributed by atoms with Crippen molar-refractivity contribution in [2.45, 2.75) is 50.6 Å². The minimum atomic E-state index is 0. The number of rotatable bonds is 6. The molecular formula is C21H36IN5. The summed E-state index contributed by atoms with van der Waals surface area (Å²) in [5, 5.41) is 7.10. The Labute approximate surface area is 182 Å². The molecule has 1 heterocycles. The van der Waals surface area contributed by atoms with Crippen molar-refractivity contribution in [1.29, 1.82) is 0 Å². The van der Waals surface area contributed by atoms with E-state index in [1.54, 1.807) is 0 Å². The fourth-order valence-corrected chi connectivity index (χ4v) is 4.18. The maximum Gasteiger partial charge on any atom is 0.191 e. The fraction of sp³-hybridized carbons (Fsp3) is 0.667. The lowest BCUT2D eigenvalue weighted by atomic mass is 10.1. The van der Waals surface area contributed by atoms with Gasteiger partial charge >= 0.3 is 0 Å². The lowest BCUT2D eigenvalue weighted by Crippen LogP contribution is -2.45. The first-order valence-corrected chi connectivity index (χ1v) is 10.1. The number of halogens is 1. The van der Waals surface area contributed by atoms with E-state index in [0.29, 0.717) is 6.04 Å². The number of benzene rings is 1. The van der Waals surface area contributed by atoms with Crippen LogP contribution in [0.4, 0.5) is 5.69 Å². The monoisotopic (exact) mass is 485 g/mol. The Morgan fingerprint density at radius 1 is 1.15 bits per heavy atom. The van der Waals surface area contributed by atoms with Crippen molar-refractivity contribution in [2.24, 2.45) is 4.99 Å². The maximum atomic E-state index is 4.41. The Balaban J connectivity index is 0.00000261. The van der Waals surface area contributed by atoms with Crippen LogP contribution in [0.2, 0.25) is 0 Å². The molecule has 152 valence electrons. The molecule has 1 aromatic rings. The topological polar surface area (TPSA) is 42.9 Å². The van der Waals surface area contributed by atoms with E-state index in [0.717, 1.165) is 31.5 Å². The van der Waals surface area contributed by atoms with Crippen LogP contribution in [0, 0.1) is 0 Å². The highest BCUT2D eigenvalue weighted by Gasteiger charge is 2.30. The molecule has 1 aliphatic heterocycles. The molecule has 1 aliphatic carbocycles. The molecule has 6 heteroatoms. The summed E-state index contributed by atoms with van der Waals surface area (Å²) in [6.07, 6.45) is 7.85. The van der Waals surface area contributed by atoms with E-state index >= 15 is 0 Å². The second kappa shape index (κ2) is 11.1. The van der Waals surface area contributed by atoms with Gasteiger partial charge in [0.25, 0.3) is 0 Å². The summed E-state index contributed by atoms with van der Waals surface area (Å²) in [6, 6.07) is 10.1. The second-order valence-electron chi connectivity index (χ2n) is 7.87. The van der Waals surface area contributed by atoms with Crippen molar-refractivity contribution in [1.82, 2.24) is 15.5 Å². The van der Waals surface area contributed by atoms with Crippen LogP contribution in [0.3, 0.4) is 0 Å². The molecule has 0 amide bonds. The molecule has 0 bridgehead atoms. The Bertz CT molecular complexity index is 581. The van der Waals surface area contributed by atoms with Crippen molar-refractivity contribution in [3.05, 3.63) is 29.8 Å². The van der Waals surface area contributed by atoms with Crippen LogP contribution < -0.4 is 15.5 Å². The van der Waals surface area contributed by atoms with E-state index < -0.39 is 0 Å². The standard InChI is InChI=1S/C21H35N5.HI/c1-22-21(23-14-12-17-8-10-19(11-9-17)25(2)3)24-18-13-15-26(16-18)20-6-4-5-7-20;/h8-11,18,20H,4-7,12-16H2,1-3H3,(H2,22,23,24);1H. The predicted octanol–water partition coefficient (Wildman–Crippen LogP) is 3.10. The Morgan fingerprint density at radius 2 is 1.85 bits per heavy atom. The summed E-state index contributed by atoms with van der Waals surface area (Å²) in [4.78, 5) is 9.23. The van der Waals surface area contributed by atoms with Gasteiger partial charge in [0.1, 0.15) is 0 Å². The van der Waals surface area contributed by atoms with Crippen molar-refractivity contribution in [3.63, 3.8) is 0 Å². The van der Waals surface area contributed by atoms with Gasteiger partial charge in [-0.1, -0.05) is 25.0 Å². The molecular weight excluding hydrogens is 449 g/mol. The molecule has 3 rings (SSSR count). The minimum absolute atomic E-state index is 0. The van der Waals surface area contributed by atoms with E-state index in [1.807, 2.05) is 7.05 Å².